The van der Waals surface area contributed by atoms with E-state index >= 15 is 0 Å². The molecule has 2 atom stereocenters. The summed E-state index contributed by atoms with van der Waals surface area (Å²) in [5, 5.41) is 3.41. The van der Waals surface area contributed by atoms with E-state index in [1.165, 1.54) is 4.90 Å². The normalized spacial score (nSPS) is 13.1. The average molecular weight is 508 g/mol. The number of benzene rings is 2. The number of anilines is 1. The van der Waals surface area contributed by atoms with Crippen molar-refractivity contribution < 1.29 is 18.0 Å². The Morgan fingerprint density at radius 1 is 1.00 bits per heavy atom. The van der Waals surface area contributed by atoms with Crippen LogP contribution in [0, 0.1) is 6.92 Å². The van der Waals surface area contributed by atoms with Crippen molar-refractivity contribution in [2.45, 2.75) is 59.2 Å². The molecule has 0 heterocycles. The maximum atomic E-state index is 13.6. The summed E-state index contributed by atoms with van der Waals surface area (Å²) in [6.07, 6.45) is 2.19. The number of nitrogens with one attached hydrogen (secondary N) is 1. The van der Waals surface area contributed by atoms with Crippen LogP contribution < -0.4 is 9.62 Å². The zero-order valence-electron chi connectivity index (χ0n) is 20.4. The molecule has 0 fully saturated rings. The number of hydrogen-bond donors (Lipinski definition) is 1. The number of carbonyl (C=O) groups excluding carboxylic acids is 2. The number of rotatable bonds is 11. The lowest BCUT2D eigenvalue weighted by Gasteiger charge is -2.33. The van der Waals surface area contributed by atoms with Crippen LogP contribution in [0.5, 0.6) is 0 Å². The van der Waals surface area contributed by atoms with Crippen molar-refractivity contribution in [3.8, 4) is 0 Å². The highest BCUT2D eigenvalue weighted by atomic mass is 35.5. The van der Waals surface area contributed by atoms with E-state index in [1.807, 2.05) is 52.0 Å². The highest BCUT2D eigenvalue weighted by Gasteiger charge is 2.32. The van der Waals surface area contributed by atoms with Gasteiger partial charge in [-0.25, -0.2) is 8.42 Å². The molecular formula is C25H34ClN3O4S. The van der Waals surface area contributed by atoms with Gasteiger partial charge >= 0.3 is 0 Å². The molecule has 0 radical (unpaired) electrons. The van der Waals surface area contributed by atoms with Crippen LogP contribution in [0.15, 0.2) is 48.5 Å². The van der Waals surface area contributed by atoms with Crippen molar-refractivity contribution in [2.75, 3.05) is 17.1 Å². The van der Waals surface area contributed by atoms with E-state index in [4.69, 9.17) is 11.6 Å². The van der Waals surface area contributed by atoms with E-state index in [0.29, 0.717) is 17.1 Å². The van der Waals surface area contributed by atoms with Gasteiger partial charge in [-0.15, -0.1) is 0 Å². The molecule has 0 aliphatic carbocycles. The number of carbonyl (C=O) groups is 2. The minimum absolute atomic E-state index is 0.0422. The molecule has 0 saturated carbocycles. The topological polar surface area (TPSA) is 86.8 Å². The first-order valence-electron chi connectivity index (χ1n) is 11.3. The third kappa shape index (κ3) is 7.74. The molecule has 2 rings (SSSR count). The summed E-state index contributed by atoms with van der Waals surface area (Å²) in [6.45, 7) is 7.43. The summed E-state index contributed by atoms with van der Waals surface area (Å²) >= 11 is 5.95. The Hall–Kier alpha value is -2.58. The smallest absolute Gasteiger partial charge is 0.244 e. The molecule has 0 saturated heterocycles. The summed E-state index contributed by atoms with van der Waals surface area (Å²) in [6, 6.07) is 13.1. The predicted octanol–water partition coefficient (Wildman–Crippen LogP) is 4.14. The first kappa shape index (κ1) is 27.7. The Balaban J connectivity index is 2.41. The predicted molar refractivity (Wildman–Crippen MR) is 137 cm³/mol. The van der Waals surface area contributed by atoms with Crippen LogP contribution >= 0.6 is 11.6 Å². The van der Waals surface area contributed by atoms with Crippen LogP contribution in [0.1, 0.15) is 44.7 Å². The summed E-state index contributed by atoms with van der Waals surface area (Å²) in [5.74, 6) is -0.721. The summed E-state index contributed by atoms with van der Waals surface area (Å²) in [4.78, 5) is 28.1. The Bertz CT molecular complexity index is 1070. The lowest BCUT2D eigenvalue weighted by atomic mass is 10.1. The van der Waals surface area contributed by atoms with Gasteiger partial charge in [0.1, 0.15) is 12.6 Å². The number of amides is 2. The number of halogens is 1. The molecule has 0 aliphatic heterocycles. The van der Waals surface area contributed by atoms with E-state index in [9.17, 15) is 18.0 Å². The minimum Gasteiger partial charge on any atom is -0.352 e. The van der Waals surface area contributed by atoms with Crippen molar-refractivity contribution in [3.63, 3.8) is 0 Å². The number of sulfonamides is 1. The molecule has 0 spiro atoms. The molecule has 0 aromatic heterocycles. The van der Waals surface area contributed by atoms with E-state index in [0.717, 1.165) is 28.1 Å². The van der Waals surface area contributed by atoms with Gasteiger partial charge < -0.3 is 10.2 Å². The van der Waals surface area contributed by atoms with Crippen LogP contribution in [0.4, 0.5) is 5.69 Å². The lowest BCUT2D eigenvalue weighted by molar-refractivity contribution is -0.140. The average Bonchev–Trinajstić information content (AvgIpc) is 2.78. The largest absolute Gasteiger partial charge is 0.352 e. The Labute approximate surface area is 208 Å². The fourth-order valence-electron chi connectivity index (χ4n) is 3.47. The van der Waals surface area contributed by atoms with E-state index in [2.05, 4.69) is 5.32 Å². The van der Waals surface area contributed by atoms with Crippen molar-refractivity contribution in [2.24, 2.45) is 0 Å². The first-order chi connectivity index (χ1) is 16.0. The van der Waals surface area contributed by atoms with Gasteiger partial charge in [0, 0.05) is 17.6 Å². The fourth-order valence-corrected chi connectivity index (χ4v) is 4.45. The monoisotopic (exact) mass is 507 g/mol. The maximum absolute atomic E-state index is 13.6. The number of hydrogen-bond acceptors (Lipinski definition) is 4. The van der Waals surface area contributed by atoms with Gasteiger partial charge in [-0.1, -0.05) is 55.3 Å². The van der Waals surface area contributed by atoms with Gasteiger partial charge in [0.05, 0.1) is 11.9 Å². The maximum Gasteiger partial charge on any atom is 0.244 e. The molecule has 2 amide bonds. The molecule has 2 aromatic carbocycles. The van der Waals surface area contributed by atoms with Gasteiger partial charge in [-0.05, 0) is 56.5 Å². The second-order valence-electron chi connectivity index (χ2n) is 8.50. The van der Waals surface area contributed by atoms with E-state index in [-0.39, 0.29) is 18.5 Å². The molecule has 9 heteroatoms. The molecule has 34 heavy (non-hydrogen) atoms. The number of aryl methyl sites for hydroxylation is 1. The number of nitrogens with zero attached hydrogens (tertiary/aromatic N) is 2. The highest BCUT2D eigenvalue weighted by molar-refractivity contribution is 7.92. The molecule has 7 nitrogen and oxygen atoms in total. The van der Waals surface area contributed by atoms with Crippen LogP contribution in [0.2, 0.25) is 5.02 Å². The fraction of sp³-hybridized carbons (Fsp3) is 0.440. The van der Waals surface area contributed by atoms with E-state index < -0.39 is 28.5 Å². The Kier molecular flexibility index (Phi) is 9.94. The van der Waals surface area contributed by atoms with Gasteiger partial charge in [0.15, 0.2) is 0 Å². The van der Waals surface area contributed by atoms with E-state index in [1.54, 1.807) is 24.3 Å². The molecule has 186 valence electrons. The molecule has 0 aliphatic rings. The standard InChI is InChI=1S/C25H34ClN3O4S/c1-6-19(4)27-25(31)23(7-2)28(16-20-10-8-18(3)9-11-20)24(30)17-29(34(5,32)33)22-14-12-21(26)13-15-22/h8-15,19,23H,6-7,16-17H2,1-5H3,(H,27,31)/t19-,23-/m1/s1. The quantitative estimate of drug-likeness (QED) is 0.495. The summed E-state index contributed by atoms with van der Waals surface area (Å²) < 4.78 is 26.2. The van der Waals surface area contributed by atoms with Crippen LogP contribution in [0.25, 0.3) is 0 Å². The van der Waals surface area contributed by atoms with Gasteiger partial charge in [0.2, 0.25) is 21.8 Å². The molecule has 1 N–H and O–H groups in total. The van der Waals surface area contributed by atoms with Gasteiger partial charge in [-0.2, -0.15) is 0 Å². The Morgan fingerprint density at radius 2 is 1.59 bits per heavy atom. The van der Waals surface area contributed by atoms with Gasteiger partial charge in [0.25, 0.3) is 0 Å². The molecule has 2 aromatic rings. The van der Waals surface area contributed by atoms with Crippen molar-refractivity contribution in [1.82, 2.24) is 10.2 Å². The molecule has 0 bridgehead atoms. The van der Waals surface area contributed by atoms with Crippen LogP contribution in [-0.2, 0) is 26.2 Å². The van der Waals surface area contributed by atoms with Crippen molar-refractivity contribution in [1.29, 1.82) is 0 Å². The lowest BCUT2D eigenvalue weighted by Crippen LogP contribution is -2.53. The highest BCUT2D eigenvalue weighted by Crippen LogP contribution is 2.22. The molecule has 0 unspecified atom stereocenters. The van der Waals surface area contributed by atoms with Crippen molar-refractivity contribution >= 4 is 39.1 Å². The van der Waals surface area contributed by atoms with Gasteiger partial charge in [-0.3, -0.25) is 13.9 Å². The third-order valence-electron chi connectivity index (χ3n) is 5.65. The SMILES string of the molecule is CC[C@@H](C)NC(=O)[C@@H](CC)N(Cc1ccc(C)cc1)C(=O)CN(c1ccc(Cl)cc1)S(C)(=O)=O. The summed E-state index contributed by atoms with van der Waals surface area (Å²) in [5.41, 5.74) is 2.26. The third-order valence-corrected chi connectivity index (χ3v) is 7.05. The second-order valence-corrected chi connectivity index (χ2v) is 10.8. The Morgan fingerprint density at radius 3 is 2.09 bits per heavy atom. The first-order valence-corrected chi connectivity index (χ1v) is 13.6. The van der Waals surface area contributed by atoms with Crippen LogP contribution in [0.3, 0.4) is 0 Å². The van der Waals surface area contributed by atoms with Crippen LogP contribution in [-0.4, -0.2) is 50.0 Å². The summed E-state index contributed by atoms with van der Waals surface area (Å²) in [7, 11) is -3.77. The molecular weight excluding hydrogens is 474 g/mol. The minimum atomic E-state index is -3.77. The zero-order valence-corrected chi connectivity index (χ0v) is 22.0. The van der Waals surface area contributed by atoms with Crippen molar-refractivity contribution in [3.05, 3.63) is 64.7 Å². The second kappa shape index (κ2) is 12.2. The zero-order chi connectivity index (χ0) is 25.5.